The van der Waals surface area contributed by atoms with Gasteiger partial charge in [-0.15, -0.1) is 0 Å². The van der Waals surface area contributed by atoms with Crippen molar-refractivity contribution in [3.8, 4) is 10.4 Å². The van der Waals surface area contributed by atoms with Gasteiger partial charge in [0.2, 0.25) is 0 Å². The summed E-state index contributed by atoms with van der Waals surface area (Å²) >= 11 is 1.61. The van der Waals surface area contributed by atoms with Crippen LogP contribution in [0.1, 0.15) is 60.9 Å². The van der Waals surface area contributed by atoms with Gasteiger partial charge in [-0.1, -0.05) is 67.4 Å². The zero-order valence-electron chi connectivity index (χ0n) is 19.9. The predicted molar refractivity (Wildman–Crippen MR) is 139 cm³/mol. The number of rotatable bonds is 6. The van der Waals surface area contributed by atoms with Crippen LogP contribution in [0.3, 0.4) is 0 Å². The Hall–Kier alpha value is -2.38. The molecule has 0 saturated heterocycles. The molecule has 176 valence electrons. The molecule has 4 rings (SSSR count). The van der Waals surface area contributed by atoms with Gasteiger partial charge in [-0.25, -0.2) is 13.4 Å². The highest BCUT2D eigenvalue weighted by atomic mass is 32.2. The van der Waals surface area contributed by atoms with E-state index >= 15 is 0 Å². The quantitative estimate of drug-likeness (QED) is 0.371. The lowest BCUT2D eigenvalue weighted by atomic mass is 10.1. The molecule has 0 aliphatic heterocycles. The first-order valence-corrected chi connectivity index (χ1v) is 14.0. The van der Waals surface area contributed by atoms with E-state index in [2.05, 4.69) is 10.0 Å². The summed E-state index contributed by atoms with van der Waals surface area (Å²) in [6.45, 7) is 7.66. The molecule has 3 aromatic rings. The zero-order valence-corrected chi connectivity index (χ0v) is 21.5. The van der Waals surface area contributed by atoms with E-state index in [1.54, 1.807) is 17.4 Å². The molecule has 2 N–H and O–H groups in total. The fraction of sp³-hybridized carbons (Fsp3) is 0.423. The summed E-state index contributed by atoms with van der Waals surface area (Å²) in [6.07, 6.45) is 7.53. The molecule has 1 aliphatic rings. The van der Waals surface area contributed by atoms with E-state index in [0.717, 1.165) is 38.0 Å². The van der Waals surface area contributed by atoms with Crippen molar-refractivity contribution in [2.24, 2.45) is 0 Å². The van der Waals surface area contributed by atoms with Crippen LogP contribution in [0.5, 0.6) is 0 Å². The molecule has 0 atom stereocenters. The fourth-order valence-corrected chi connectivity index (χ4v) is 7.03. The normalized spacial score (nSPS) is 15.3. The van der Waals surface area contributed by atoms with Gasteiger partial charge >= 0.3 is 0 Å². The zero-order chi connectivity index (χ0) is 23.6. The summed E-state index contributed by atoms with van der Waals surface area (Å²) in [6, 6.07) is 11.9. The fourth-order valence-electron chi connectivity index (χ4n) is 4.52. The lowest BCUT2D eigenvalue weighted by Crippen LogP contribution is -2.17. The number of hydrogen-bond donors (Lipinski definition) is 2. The summed E-state index contributed by atoms with van der Waals surface area (Å²) < 4.78 is 29.5. The van der Waals surface area contributed by atoms with Crippen molar-refractivity contribution in [3.63, 3.8) is 0 Å². The van der Waals surface area contributed by atoms with Crippen molar-refractivity contribution in [1.82, 2.24) is 4.98 Å². The Morgan fingerprint density at radius 3 is 2.24 bits per heavy atom. The van der Waals surface area contributed by atoms with Crippen molar-refractivity contribution < 1.29 is 8.42 Å². The van der Waals surface area contributed by atoms with Crippen LogP contribution in [0.2, 0.25) is 0 Å². The van der Waals surface area contributed by atoms with Crippen LogP contribution in [-0.2, 0) is 10.0 Å². The maximum Gasteiger partial charge on any atom is 0.262 e. The summed E-state index contributed by atoms with van der Waals surface area (Å²) in [7, 11) is -3.73. The van der Waals surface area contributed by atoms with Crippen molar-refractivity contribution in [1.29, 1.82) is 0 Å². The summed E-state index contributed by atoms with van der Waals surface area (Å²) in [5.74, 6) is 0. The molecule has 1 aliphatic carbocycles. The molecule has 0 amide bonds. The third kappa shape index (κ3) is 5.41. The number of nitrogens with zero attached hydrogens (tertiary/aromatic N) is 1. The Labute approximate surface area is 201 Å². The van der Waals surface area contributed by atoms with Crippen LogP contribution < -0.4 is 10.0 Å². The van der Waals surface area contributed by atoms with Crippen LogP contribution in [0, 0.1) is 27.7 Å². The summed E-state index contributed by atoms with van der Waals surface area (Å²) in [5.41, 5.74) is 4.97. The Bertz CT molecular complexity index is 1220. The maximum absolute atomic E-state index is 13.4. The van der Waals surface area contributed by atoms with E-state index in [1.165, 1.54) is 38.5 Å². The average molecular weight is 484 g/mol. The number of thiazole rings is 1. The van der Waals surface area contributed by atoms with E-state index in [-0.39, 0.29) is 0 Å². The van der Waals surface area contributed by atoms with Gasteiger partial charge in [-0.2, -0.15) is 0 Å². The molecule has 0 radical (unpaired) electrons. The highest BCUT2D eigenvalue weighted by Gasteiger charge is 2.21. The molecule has 0 unspecified atom stereocenters. The van der Waals surface area contributed by atoms with Gasteiger partial charge in [0, 0.05) is 6.04 Å². The standard InChI is InChI=1S/C26H33N3O2S2/c1-17-14-15-21(16-23(17)33(30,31)29-24-18(2)10-9-11-19(24)3)25-20(4)27-26(32-25)28-22-12-7-5-6-8-13-22/h9-11,14-16,22,29H,5-8,12-13H2,1-4H3,(H,27,28). The van der Waals surface area contributed by atoms with Gasteiger partial charge in [0.1, 0.15) is 0 Å². The molecule has 1 fully saturated rings. The third-order valence-corrected chi connectivity index (χ3v) is 9.07. The first-order valence-electron chi connectivity index (χ1n) is 11.7. The minimum atomic E-state index is -3.73. The highest BCUT2D eigenvalue weighted by molar-refractivity contribution is 7.92. The molecule has 0 spiro atoms. The number of nitrogens with one attached hydrogen (secondary N) is 2. The van der Waals surface area contributed by atoms with Crippen LogP contribution >= 0.6 is 11.3 Å². The maximum atomic E-state index is 13.4. The number of anilines is 2. The SMILES string of the molecule is Cc1ccc(-c2sc(NC3CCCCCC3)nc2C)cc1S(=O)(=O)Nc1c(C)cccc1C. The summed E-state index contributed by atoms with van der Waals surface area (Å²) in [5, 5.41) is 4.55. The second-order valence-electron chi connectivity index (χ2n) is 9.12. The van der Waals surface area contributed by atoms with E-state index < -0.39 is 10.0 Å². The number of hydrogen-bond acceptors (Lipinski definition) is 5. The predicted octanol–water partition coefficient (Wildman–Crippen LogP) is 6.98. The Morgan fingerprint density at radius 2 is 1.58 bits per heavy atom. The number of sulfonamides is 1. The molecule has 2 aromatic carbocycles. The smallest absolute Gasteiger partial charge is 0.262 e. The van der Waals surface area contributed by atoms with Crippen molar-refractivity contribution >= 4 is 32.2 Å². The van der Waals surface area contributed by atoms with Crippen LogP contribution in [0.15, 0.2) is 41.3 Å². The number of aryl methyl sites for hydroxylation is 4. The molecule has 1 aromatic heterocycles. The minimum Gasteiger partial charge on any atom is -0.359 e. The van der Waals surface area contributed by atoms with E-state index in [0.29, 0.717) is 16.6 Å². The minimum absolute atomic E-state index is 0.300. The second-order valence-corrected chi connectivity index (χ2v) is 11.8. The van der Waals surface area contributed by atoms with E-state index in [4.69, 9.17) is 4.98 Å². The van der Waals surface area contributed by atoms with Gasteiger partial charge in [-0.3, -0.25) is 4.72 Å². The lowest BCUT2D eigenvalue weighted by Gasteiger charge is -2.15. The lowest BCUT2D eigenvalue weighted by molar-refractivity contribution is 0.600. The molecule has 1 saturated carbocycles. The molecular formula is C26H33N3O2S2. The second kappa shape index (κ2) is 9.85. The van der Waals surface area contributed by atoms with Crippen molar-refractivity contribution in [2.45, 2.75) is 77.2 Å². The Morgan fingerprint density at radius 1 is 0.909 bits per heavy atom. The summed E-state index contributed by atoms with van der Waals surface area (Å²) in [4.78, 5) is 6.07. The first kappa shape index (κ1) is 23.8. The number of benzene rings is 2. The van der Waals surface area contributed by atoms with Gasteiger partial charge in [-0.05, 0) is 68.9 Å². The van der Waals surface area contributed by atoms with Gasteiger partial charge in [0.25, 0.3) is 10.0 Å². The van der Waals surface area contributed by atoms with Gasteiger partial charge in [0.05, 0.1) is 21.2 Å². The molecule has 33 heavy (non-hydrogen) atoms. The molecule has 5 nitrogen and oxygen atoms in total. The topological polar surface area (TPSA) is 71.1 Å². The van der Waals surface area contributed by atoms with E-state index in [9.17, 15) is 8.42 Å². The van der Waals surface area contributed by atoms with E-state index in [1.807, 2.05) is 58.0 Å². The number of para-hydroxylation sites is 1. The monoisotopic (exact) mass is 483 g/mol. The average Bonchev–Trinajstić information content (AvgIpc) is 2.95. The van der Waals surface area contributed by atoms with Crippen LogP contribution in [0.25, 0.3) is 10.4 Å². The van der Waals surface area contributed by atoms with Crippen molar-refractivity contribution in [3.05, 3.63) is 58.8 Å². The molecule has 1 heterocycles. The Balaban J connectivity index is 1.63. The number of aromatic nitrogens is 1. The van der Waals surface area contributed by atoms with Crippen LogP contribution in [0.4, 0.5) is 10.8 Å². The third-order valence-electron chi connectivity index (χ3n) is 6.44. The molecule has 7 heteroatoms. The highest BCUT2D eigenvalue weighted by Crippen LogP contribution is 2.36. The van der Waals surface area contributed by atoms with Gasteiger partial charge in [0.15, 0.2) is 5.13 Å². The molecule has 0 bridgehead atoms. The largest absolute Gasteiger partial charge is 0.359 e. The Kier molecular flexibility index (Phi) is 7.10. The molecular weight excluding hydrogens is 450 g/mol. The van der Waals surface area contributed by atoms with Gasteiger partial charge < -0.3 is 5.32 Å². The first-order chi connectivity index (χ1) is 15.7. The van der Waals surface area contributed by atoms with Crippen LogP contribution in [-0.4, -0.2) is 19.4 Å². The van der Waals surface area contributed by atoms with Crippen molar-refractivity contribution in [2.75, 3.05) is 10.0 Å².